The maximum atomic E-state index is 8.73. The molecule has 1 aliphatic rings. The number of nitrogens with one attached hydrogen (secondary N) is 3. The Hall–Kier alpha value is -2.83. The lowest BCUT2D eigenvalue weighted by Gasteiger charge is -2.24. The van der Waals surface area contributed by atoms with Crippen molar-refractivity contribution in [1.29, 1.82) is 5.26 Å². The average molecular weight is 326 g/mol. The summed E-state index contributed by atoms with van der Waals surface area (Å²) in [6.45, 7) is 5.03. The van der Waals surface area contributed by atoms with Crippen LogP contribution in [0.5, 0.6) is 0 Å². The van der Waals surface area contributed by atoms with Crippen molar-refractivity contribution in [3.05, 3.63) is 29.8 Å². The molecule has 0 amide bonds. The first-order valence-corrected chi connectivity index (χ1v) is 7.64. The summed E-state index contributed by atoms with van der Waals surface area (Å²) in [4.78, 5) is 8.06. The third-order valence-electron chi connectivity index (χ3n) is 3.53. The van der Waals surface area contributed by atoms with E-state index in [-0.39, 0.29) is 11.8 Å². The molecule has 9 heteroatoms. The normalized spacial score (nSPS) is 17.1. The molecule has 1 saturated heterocycles. The van der Waals surface area contributed by atoms with Gasteiger partial charge in [0, 0.05) is 25.7 Å². The Bertz CT molecular complexity index is 721. The first kappa shape index (κ1) is 16.0. The van der Waals surface area contributed by atoms with Crippen LogP contribution in [0, 0.1) is 18.3 Å². The Labute approximate surface area is 139 Å². The van der Waals surface area contributed by atoms with E-state index in [0.717, 1.165) is 31.1 Å². The van der Waals surface area contributed by atoms with Gasteiger partial charge in [0.05, 0.1) is 36.5 Å². The van der Waals surface area contributed by atoms with Gasteiger partial charge < -0.3 is 20.7 Å². The predicted molar refractivity (Wildman–Crippen MR) is 87.9 cm³/mol. The van der Waals surface area contributed by atoms with Crippen molar-refractivity contribution < 1.29 is 4.74 Å². The molecule has 1 unspecified atom stereocenters. The molecule has 9 nitrogen and oxygen atoms in total. The first-order chi connectivity index (χ1) is 11.7. The van der Waals surface area contributed by atoms with Crippen LogP contribution in [-0.4, -0.2) is 52.5 Å². The molecule has 0 aliphatic carbocycles. The Morgan fingerprint density at radius 2 is 2.25 bits per heavy atom. The second kappa shape index (κ2) is 7.63. The second-order valence-corrected chi connectivity index (χ2v) is 5.33. The van der Waals surface area contributed by atoms with E-state index in [9.17, 15) is 0 Å². The van der Waals surface area contributed by atoms with E-state index in [1.807, 2.05) is 19.1 Å². The fourth-order valence-corrected chi connectivity index (χ4v) is 2.25. The van der Waals surface area contributed by atoms with Gasteiger partial charge in [0.25, 0.3) is 0 Å². The highest BCUT2D eigenvalue weighted by molar-refractivity contribution is 5.59. The molecule has 0 radical (unpaired) electrons. The van der Waals surface area contributed by atoms with Crippen LogP contribution in [0.3, 0.4) is 0 Å². The number of hydrogen-bond acceptors (Lipinski definition) is 9. The first-order valence-electron chi connectivity index (χ1n) is 7.64. The molecule has 3 heterocycles. The summed E-state index contributed by atoms with van der Waals surface area (Å²) in [5, 5.41) is 26.6. The van der Waals surface area contributed by atoms with Crippen LogP contribution in [0.15, 0.2) is 18.5 Å². The lowest BCUT2D eigenvalue weighted by atomic mass is 10.2. The summed E-state index contributed by atoms with van der Waals surface area (Å²) in [7, 11) is 0. The largest absolute Gasteiger partial charge is 0.381 e. The molecule has 0 saturated carbocycles. The maximum absolute atomic E-state index is 8.73. The standard InChI is InChI=1S/C15H18N8O/c1-10-13(19-8-12-7-17-2-3-24-12)4-14(23-22-10)21-15-9-18-11(5-16)6-20-15/h4,6,9,12,17H,2-3,7-8H2,1H3,(H2,19,20,21,23). The average Bonchev–Trinajstić information content (AvgIpc) is 2.63. The van der Waals surface area contributed by atoms with E-state index >= 15 is 0 Å². The van der Waals surface area contributed by atoms with Crippen molar-refractivity contribution in [2.45, 2.75) is 13.0 Å². The van der Waals surface area contributed by atoms with Gasteiger partial charge in [-0.05, 0) is 6.92 Å². The van der Waals surface area contributed by atoms with Crippen molar-refractivity contribution in [2.75, 3.05) is 36.9 Å². The number of anilines is 3. The highest BCUT2D eigenvalue weighted by Crippen LogP contribution is 2.18. The molecule has 1 aliphatic heterocycles. The summed E-state index contributed by atoms with van der Waals surface area (Å²) in [5.74, 6) is 1.04. The molecule has 1 fully saturated rings. The number of ether oxygens (including phenoxy) is 1. The predicted octanol–water partition coefficient (Wildman–Crippen LogP) is 0.591. The van der Waals surface area contributed by atoms with Gasteiger partial charge in [-0.15, -0.1) is 5.10 Å². The molecule has 0 spiro atoms. The van der Waals surface area contributed by atoms with Crippen LogP contribution in [0.25, 0.3) is 0 Å². The molecule has 1 atom stereocenters. The monoisotopic (exact) mass is 326 g/mol. The molecule has 0 aromatic carbocycles. The molecule has 3 rings (SSSR count). The Kier molecular flexibility index (Phi) is 5.10. The lowest BCUT2D eigenvalue weighted by molar-refractivity contribution is 0.0372. The zero-order valence-electron chi connectivity index (χ0n) is 13.3. The quantitative estimate of drug-likeness (QED) is 0.724. The van der Waals surface area contributed by atoms with Crippen molar-refractivity contribution in [1.82, 2.24) is 25.5 Å². The maximum Gasteiger partial charge on any atom is 0.158 e. The van der Waals surface area contributed by atoms with E-state index in [4.69, 9.17) is 10.00 Å². The van der Waals surface area contributed by atoms with Crippen LogP contribution in [0.2, 0.25) is 0 Å². The minimum absolute atomic E-state index is 0.132. The number of nitrogens with zero attached hydrogens (tertiary/aromatic N) is 5. The van der Waals surface area contributed by atoms with E-state index in [1.54, 1.807) is 0 Å². The molecular weight excluding hydrogens is 308 g/mol. The fraction of sp³-hybridized carbons (Fsp3) is 0.400. The summed E-state index contributed by atoms with van der Waals surface area (Å²) < 4.78 is 5.67. The van der Waals surface area contributed by atoms with Gasteiger partial charge in [0.2, 0.25) is 0 Å². The number of aryl methyl sites for hydroxylation is 1. The Balaban J connectivity index is 1.65. The van der Waals surface area contributed by atoms with E-state index in [2.05, 4.69) is 36.1 Å². The summed E-state index contributed by atoms with van der Waals surface area (Å²) in [5.41, 5.74) is 1.94. The van der Waals surface area contributed by atoms with Gasteiger partial charge in [0.15, 0.2) is 11.5 Å². The van der Waals surface area contributed by atoms with Crippen LogP contribution in [-0.2, 0) is 4.74 Å². The third kappa shape index (κ3) is 4.13. The van der Waals surface area contributed by atoms with Crippen LogP contribution in [0.4, 0.5) is 17.3 Å². The zero-order valence-corrected chi connectivity index (χ0v) is 13.3. The van der Waals surface area contributed by atoms with Gasteiger partial charge in [-0.2, -0.15) is 10.4 Å². The highest BCUT2D eigenvalue weighted by atomic mass is 16.5. The molecule has 24 heavy (non-hydrogen) atoms. The Morgan fingerprint density at radius 1 is 1.33 bits per heavy atom. The van der Waals surface area contributed by atoms with Crippen molar-refractivity contribution in [2.24, 2.45) is 0 Å². The number of rotatable bonds is 5. The highest BCUT2D eigenvalue weighted by Gasteiger charge is 2.14. The third-order valence-corrected chi connectivity index (χ3v) is 3.53. The van der Waals surface area contributed by atoms with E-state index in [1.165, 1.54) is 12.4 Å². The second-order valence-electron chi connectivity index (χ2n) is 5.33. The summed E-state index contributed by atoms with van der Waals surface area (Å²) >= 11 is 0. The topological polar surface area (TPSA) is 121 Å². The van der Waals surface area contributed by atoms with E-state index in [0.29, 0.717) is 18.2 Å². The molecular formula is C15H18N8O. The van der Waals surface area contributed by atoms with Crippen LogP contribution >= 0.6 is 0 Å². The number of morpholine rings is 1. The lowest BCUT2D eigenvalue weighted by Crippen LogP contribution is -2.42. The van der Waals surface area contributed by atoms with Gasteiger partial charge in [-0.1, -0.05) is 0 Å². The molecule has 3 N–H and O–H groups in total. The van der Waals surface area contributed by atoms with Crippen molar-refractivity contribution in [3.63, 3.8) is 0 Å². The van der Waals surface area contributed by atoms with Gasteiger partial charge in [-0.3, -0.25) is 0 Å². The molecule has 124 valence electrons. The number of aromatic nitrogens is 4. The summed E-state index contributed by atoms with van der Waals surface area (Å²) in [6, 6.07) is 3.79. The summed E-state index contributed by atoms with van der Waals surface area (Å²) in [6.07, 6.45) is 3.01. The van der Waals surface area contributed by atoms with Crippen LogP contribution in [0.1, 0.15) is 11.4 Å². The smallest absolute Gasteiger partial charge is 0.158 e. The minimum atomic E-state index is 0.132. The van der Waals surface area contributed by atoms with Crippen LogP contribution < -0.4 is 16.0 Å². The minimum Gasteiger partial charge on any atom is -0.381 e. The van der Waals surface area contributed by atoms with Gasteiger partial charge in [0.1, 0.15) is 11.9 Å². The SMILES string of the molecule is Cc1nnc(Nc2cnc(C#N)cn2)cc1NCC1CNCCO1. The fourth-order valence-electron chi connectivity index (χ4n) is 2.25. The zero-order chi connectivity index (χ0) is 16.8. The van der Waals surface area contributed by atoms with Gasteiger partial charge >= 0.3 is 0 Å². The number of hydrogen-bond donors (Lipinski definition) is 3. The number of nitriles is 1. The van der Waals surface area contributed by atoms with Gasteiger partial charge in [-0.25, -0.2) is 9.97 Å². The molecule has 2 aromatic heterocycles. The van der Waals surface area contributed by atoms with E-state index < -0.39 is 0 Å². The Morgan fingerprint density at radius 3 is 2.96 bits per heavy atom. The van der Waals surface area contributed by atoms with Crippen molar-refractivity contribution in [3.8, 4) is 6.07 Å². The molecule has 2 aromatic rings. The molecule has 0 bridgehead atoms. The van der Waals surface area contributed by atoms with Crippen molar-refractivity contribution >= 4 is 17.3 Å².